The molecule has 0 spiro atoms. The maximum atomic E-state index is 14.6. The first kappa shape index (κ1) is 17.7. The molecule has 4 aromatic rings. The van der Waals surface area contributed by atoms with Crippen molar-refractivity contribution >= 4 is 28.3 Å². The first-order valence-electron chi connectivity index (χ1n) is 9.11. The lowest BCUT2D eigenvalue weighted by Gasteiger charge is -2.11. The van der Waals surface area contributed by atoms with E-state index in [0.717, 1.165) is 0 Å². The Labute approximate surface area is 162 Å². The Morgan fingerprint density at radius 3 is 2.83 bits per heavy atom. The van der Waals surface area contributed by atoms with Gasteiger partial charge in [-0.2, -0.15) is 5.10 Å². The van der Waals surface area contributed by atoms with Crippen LogP contribution in [0.3, 0.4) is 0 Å². The van der Waals surface area contributed by atoms with Gasteiger partial charge in [0, 0.05) is 22.7 Å². The standard InChI is InChI=1S/C19H15F3N6O/c1-2-8-15(10-4-24-27-18(10)17(22)16(8)21)12-6-28-7-13(25-14(28)5-23-12)26-19(29)9-3-11(9)20/h4-7,9,11H,2-3H2,1H3,(H,24,27)(H,26,29)/t9-,11+/m1/s1. The Morgan fingerprint density at radius 1 is 1.31 bits per heavy atom. The van der Waals surface area contributed by atoms with Crippen LogP contribution in [0.25, 0.3) is 27.8 Å². The van der Waals surface area contributed by atoms with Crippen LogP contribution in [0.2, 0.25) is 0 Å². The largest absolute Gasteiger partial charge is 0.309 e. The molecule has 29 heavy (non-hydrogen) atoms. The van der Waals surface area contributed by atoms with Gasteiger partial charge in [-0.05, 0) is 12.8 Å². The molecule has 1 saturated carbocycles. The van der Waals surface area contributed by atoms with Crippen molar-refractivity contribution in [2.45, 2.75) is 25.9 Å². The fourth-order valence-corrected chi connectivity index (χ4v) is 3.52. The molecule has 0 unspecified atom stereocenters. The topological polar surface area (TPSA) is 88.0 Å². The smallest absolute Gasteiger partial charge is 0.231 e. The van der Waals surface area contributed by atoms with E-state index in [-0.39, 0.29) is 29.7 Å². The molecule has 1 amide bonds. The third-order valence-electron chi connectivity index (χ3n) is 5.14. The minimum absolute atomic E-state index is 0.0274. The highest BCUT2D eigenvalue weighted by molar-refractivity contribution is 5.96. The molecule has 7 nitrogen and oxygen atoms in total. The van der Waals surface area contributed by atoms with E-state index in [1.165, 1.54) is 12.4 Å². The number of nitrogens with zero attached hydrogens (tertiary/aromatic N) is 4. The van der Waals surface area contributed by atoms with E-state index in [0.29, 0.717) is 22.3 Å². The van der Waals surface area contributed by atoms with Crippen molar-refractivity contribution in [2.24, 2.45) is 5.92 Å². The number of amides is 1. The number of imidazole rings is 1. The van der Waals surface area contributed by atoms with Crippen molar-refractivity contribution in [3.05, 3.63) is 42.0 Å². The Hall–Kier alpha value is -3.43. The number of alkyl halides is 1. The normalized spacial score (nSPS) is 18.5. The van der Waals surface area contributed by atoms with Crippen LogP contribution >= 0.6 is 0 Å². The van der Waals surface area contributed by atoms with Crippen LogP contribution in [-0.2, 0) is 11.2 Å². The lowest BCUT2D eigenvalue weighted by molar-refractivity contribution is -0.117. The minimum Gasteiger partial charge on any atom is -0.309 e. The minimum atomic E-state index is -1.10. The average molecular weight is 400 g/mol. The summed E-state index contributed by atoms with van der Waals surface area (Å²) >= 11 is 0. The molecule has 0 bridgehead atoms. The van der Waals surface area contributed by atoms with E-state index in [2.05, 4.69) is 25.5 Å². The summed E-state index contributed by atoms with van der Waals surface area (Å²) < 4.78 is 43.5. The summed E-state index contributed by atoms with van der Waals surface area (Å²) in [5.74, 6) is -2.69. The lowest BCUT2D eigenvalue weighted by Crippen LogP contribution is -2.15. The van der Waals surface area contributed by atoms with Crippen molar-refractivity contribution in [3.8, 4) is 11.3 Å². The molecule has 2 atom stereocenters. The van der Waals surface area contributed by atoms with Crippen LogP contribution in [0.5, 0.6) is 0 Å². The lowest BCUT2D eigenvalue weighted by atomic mass is 9.97. The fraction of sp³-hybridized carbons (Fsp3) is 0.263. The van der Waals surface area contributed by atoms with Crippen LogP contribution in [0.15, 0.2) is 24.8 Å². The van der Waals surface area contributed by atoms with Gasteiger partial charge in [0.15, 0.2) is 23.1 Å². The highest BCUT2D eigenvalue weighted by atomic mass is 19.2. The number of anilines is 1. The molecule has 3 heterocycles. The first-order chi connectivity index (χ1) is 14.0. The molecule has 1 aliphatic carbocycles. The van der Waals surface area contributed by atoms with Gasteiger partial charge >= 0.3 is 0 Å². The molecule has 2 N–H and O–H groups in total. The zero-order valence-electron chi connectivity index (χ0n) is 15.2. The second-order valence-corrected chi connectivity index (χ2v) is 7.01. The van der Waals surface area contributed by atoms with E-state index < -0.39 is 29.6 Å². The van der Waals surface area contributed by atoms with Gasteiger partial charge in [-0.25, -0.2) is 18.2 Å². The zero-order valence-corrected chi connectivity index (χ0v) is 15.2. The summed E-state index contributed by atoms with van der Waals surface area (Å²) in [5.41, 5.74) is 1.45. The summed E-state index contributed by atoms with van der Waals surface area (Å²) in [6, 6.07) is 0. The highest BCUT2D eigenvalue weighted by Crippen LogP contribution is 2.36. The Morgan fingerprint density at radius 2 is 2.10 bits per heavy atom. The number of halogens is 3. The van der Waals surface area contributed by atoms with Gasteiger partial charge in [0.05, 0.1) is 30.2 Å². The van der Waals surface area contributed by atoms with Crippen molar-refractivity contribution < 1.29 is 18.0 Å². The Kier molecular flexibility index (Phi) is 3.83. The molecule has 148 valence electrons. The van der Waals surface area contributed by atoms with Gasteiger partial charge in [0.25, 0.3) is 0 Å². The summed E-state index contributed by atoms with van der Waals surface area (Å²) in [6.45, 7) is 1.73. The number of aromatic amines is 1. The number of aromatic nitrogens is 5. The zero-order chi connectivity index (χ0) is 20.3. The molecule has 1 aromatic carbocycles. The van der Waals surface area contributed by atoms with E-state index >= 15 is 0 Å². The van der Waals surface area contributed by atoms with Crippen LogP contribution in [0, 0.1) is 17.6 Å². The first-order valence-corrected chi connectivity index (χ1v) is 9.11. The predicted octanol–water partition coefficient (Wildman–Crippen LogP) is 3.41. The molecular formula is C19H15F3N6O. The summed E-state index contributed by atoms with van der Waals surface area (Å²) in [6.07, 6.45) is 5.46. The van der Waals surface area contributed by atoms with Crippen molar-refractivity contribution in [1.29, 1.82) is 0 Å². The number of hydrogen-bond donors (Lipinski definition) is 2. The van der Waals surface area contributed by atoms with E-state index in [4.69, 9.17) is 0 Å². The van der Waals surface area contributed by atoms with Gasteiger partial charge in [0.2, 0.25) is 5.91 Å². The van der Waals surface area contributed by atoms with Crippen molar-refractivity contribution in [3.63, 3.8) is 0 Å². The quantitative estimate of drug-likeness (QED) is 0.550. The predicted molar refractivity (Wildman–Crippen MR) is 99.0 cm³/mol. The molecule has 3 aromatic heterocycles. The number of carbonyl (C=O) groups is 1. The van der Waals surface area contributed by atoms with Crippen molar-refractivity contribution in [1.82, 2.24) is 24.6 Å². The summed E-state index contributed by atoms with van der Waals surface area (Å²) in [5, 5.41) is 9.32. The third-order valence-corrected chi connectivity index (χ3v) is 5.14. The summed E-state index contributed by atoms with van der Waals surface area (Å²) in [4.78, 5) is 20.5. The van der Waals surface area contributed by atoms with Gasteiger partial charge in [-0.15, -0.1) is 0 Å². The number of benzene rings is 1. The molecule has 0 aliphatic heterocycles. The molecule has 0 saturated heterocycles. The van der Waals surface area contributed by atoms with Gasteiger partial charge in [-0.1, -0.05) is 6.92 Å². The Bertz CT molecular complexity index is 1280. The van der Waals surface area contributed by atoms with Crippen LogP contribution < -0.4 is 5.32 Å². The van der Waals surface area contributed by atoms with E-state index in [1.54, 1.807) is 23.7 Å². The van der Waals surface area contributed by atoms with Gasteiger partial charge in [-0.3, -0.25) is 14.9 Å². The monoisotopic (exact) mass is 400 g/mol. The third kappa shape index (κ3) is 2.74. The second-order valence-electron chi connectivity index (χ2n) is 7.01. The Balaban J connectivity index is 1.60. The van der Waals surface area contributed by atoms with E-state index in [9.17, 15) is 18.0 Å². The highest BCUT2D eigenvalue weighted by Gasteiger charge is 2.43. The number of H-pyrrole nitrogens is 1. The average Bonchev–Trinajstić information content (AvgIpc) is 3.09. The fourth-order valence-electron chi connectivity index (χ4n) is 3.52. The summed E-state index contributed by atoms with van der Waals surface area (Å²) in [7, 11) is 0. The second kappa shape index (κ2) is 6.29. The van der Waals surface area contributed by atoms with Crippen LogP contribution in [0.1, 0.15) is 18.9 Å². The van der Waals surface area contributed by atoms with Gasteiger partial charge < -0.3 is 9.72 Å². The van der Waals surface area contributed by atoms with Gasteiger partial charge in [0.1, 0.15) is 11.7 Å². The number of hydrogen-bond acceptors (Lipinski definition) is 4. The SMILES string of the molecule is CCc1c(F)c(F)c2[nH]ncc2c1-c1cn2cc(NC(=O)[C@@H]3C[C@@H]3F)nc2cn1. The number of nitrogens with one attached hydrogen (secondary N) is 2. The van der Waals surface area contributed by atoms with Crippen LogP contribution in [-0.4, -0.2) is 36.6 Å². The van der Waals surface area contributed by atoms with E-state index in [1.807, 2.05) is 0 Å². The molecule has 10 heteroatoms. The molecule has 5 rings (SSSR count). The molecular weight excluding hydrogens is 385 g/mol. The van der Waals surface area contributed by atoms with Crippen molar-refractivity contribution in [2.75, 3.05) is 5.32 Å². The number of carbonyl (C=O) groups excluding carboxylic acids is 1. The molecule has 0 radical (unpaired) electrons. The number of fused-ring (bicyclic) bond motifs is 2. The molecule has 1 aliphatic rings. The maximum Gasteiger partial charge on any atom is 0.231 e. The maximum absolute atomic E-state index is 14.6. The van der Waals surface area contributed by atoms with Crippen LogP contribution in [0.4, 0.5) is 19.0 Å². The molecule has 1 fully saturated rings. The number of rotatable bonds is 4.